The zero-order valence-electron chi connectivity index (χ0n) is 23.0. The van der Waals surface area contributed by atoms with Crippen molar-refractivity contribution in [1.29, 1.82) is 0 Å². The number of nitrogens with zero attached hydrogens (tertiary/aromatic N) is 1. The van der Waals surface area contributed by atoms with Gasteiger partial charge >= 0.3 is 18.2 Å². The summed E-state index contributed by atoms with van der Waals surface area (Å²) in [5.74, 6) is -0.372. The van der Waals surface area contributed by atoms with Gasteiger partial charge in [0, 0.05) is 34.8 Å². The van der Waals surface area contributed by atoms with E-state index in [4.69, 9.17) is 31.0 Å². The van der Waals surface area contributed by atoms with Gasteiger partial charge in [0.15, 0.2) is 11.5 Å². The molecule has 0 radical (unpaired) electrons. The summed E-state index contributed by atoms with van der Waals surface area (Å²) in [5.41, 5.74) is 2.11. The predicted octanol–water partition coefficient (Wildman–Crippen LogP) is 6.09. The molecule has 2 amide bonds. The van der Waals surface area contributed by atoms with E-state index in [9.17, 15) is 18.0 Å². The molecule has 3 atom stereocenters. The molecule has 2 aliphatic carbocycles. The number of urea groups is 1. The third kappa shape index (κ3) is 7.56. The van der Waals surface area contributed by atoms with Crippen LogP contribution in [0.4, 0.5) is 23.7 Å². The number of carbonyl (C=O) groups is 2. The number of anilines is 1. The summed E-state index contributed by atoms with van der Waals surface area (Å²) < 4.78 is 42.9. The van der Waals surface area contributed by atoms with Crippen molar-refractivity contribution in [2.45, 2.75) is 62.2 Å². The average molecular weight is 598 g/mol. The number of ether oxygens (including phenoxy) is 2. The Labute approximate surface area is 242 Å². The number of carboxylic acids is 1. The number of fused-ring (bicyclic) bond motifs is 1. The highest BCUT2D eigenvalue weighted by molar-refractivity contribution is 6.30. The number of hydrogen-bond acceptors (Lipinski definition) is 5. The lowest BCUT2D eigenvalue weighted by atomic mass is 9.65. The molecule has 1 heterocycles. The van der Waals surface area contributed by atoms with Crippen LogP contribution in [0.2, 0.25) is 5.02 Å². The number of alkyl halides is 3. The van der Waals surface area contributed by atoms with Crippen molar-refractivity contribution in [3.63, 3.8) is 0 Å². The van der Waals surface area contributed by atoms with Crippen molar-refractivity contribution in [2.75, 3.05) is 32.6 Å². The molecule has 0 aromatic heterocycles. The fraction of sp³-hybridized carbons (Fsp3) is 0.517. The van der Waals surface area contributed by atoms with Crippen LogP contribution in [0, 0.1) is 5.92 Å². The molecule has 41 heavy (non-hydrogen) atoms. The second kappa shape index (κ2) is 12.8. The summed E-state index contributed by atoms with van der Waals surface area (Å²) in [6.07, 6.45) is 1.68. The molecule has 5 rings (SSSR count). The number of hydrogen-bond donors (Lipinski definition) is 3. The second-order valence-corrected chi connectivity index (χ2v) is 11.2. The van der Waals surface area contributed by atoms with Crippen molar-refractivity contribution in [2.24, 2.45) is 5.92 Å². The predicted molar refractivity (Wildman–Crippen MR) is 149 cm³/mol. The lowest BCUT2D eigenvalue weighted by Gasteiger charge is -2.45. The number of amides is 2. The van der Waals surface area contributed by atoms with Crippen LogP contribution >= 0.6 is 11.6 Å². The van der Waals surface area contributed by atoms with E-state index in [0.717, 1.165) is 49.6 Å². The van der Waals surface area contributed by atoms with E-state index in [2.05, 4.69) is 27.7 Å². The normalized spacial score (nSPS) is 24.0. The molecular formula is C29H35ClF3N3O5. The molecule has 1 saturated heterocycles. The molecule has 1 aliphatic heterocycles. The first-order valence-corrected chi connectivity index (χ1v) is 13.9. The fourth-order valence-corrected chi connectivity index (χ4v) is 6.22. The first-order chi connectivity index (χ1) is 19.4. The maximum absolute atomic E-state index is 12.7. The summed E-state index contributed by atoms with van der Waals surface area (Å²) in [6.45, 7) is 2.28. The summed E-state index contributed by atoms with van der Waals surface area (Å²) in [6, 6.07) is 14.0. The van der Waals surface area contributed by atoms with Crippen LogP contribution in [-0.2, 0) is 10.2 Å². The number of methoxy groups -OCH3 is 2. The average Bonchev–Trinajstić information content (AvgIpc) is 3.68. The summed E-state index contributed by atoms with van der Waals surface area (Å²) in [5, 5.41) is 13.9. The van der Waals surface area contributed by atoms with Crippen LogP contribution in [0.3, 0.4) is 0 Å². The maximum Gasteiger partial charge on any atom is 0.490 e. The first kappa shape index (κ1) is 30.8. The molecule has 2 saturated carbocycles. The van der Waals surface area contributed by atoms with Crippen LogP contribution in [0.5, 0.6) is 11.5 Å². The first-order valence-electron chi connectivity index (χ1n) is 13.5. The van der Waals surface area contributed by atoms with Crippen molar-refractivity contribution in [3.05, 3.63) is 53.1 Å². The van der Waals surface area contributed by atoms with E-state index in [1.54, 1.807) is 26.4 Å². The third-order valence-electron chi connectivity index (χ3n) is 8.18. The largest absolute Gasteiger partial charge is 0.493 e. The van der Waals surface area contributed by atoms with E-state index < -0.39 is 12.1 Å². The van der Waals surface area contributed by atoms with Gasteiger partial charge in [0.2, 0.25) is 0 Å². The zero-order valence-corrected chi connectivity index (χ0v) is 23.7. The van der Waals surface area contributed by atoms with Crippen molar-refractivity contribution >= 4 is 29.3 Å². The van der Waals surface area contributed by atoms with Crippen LogP contribution in [-0.4, -0.2) is 67.6 Å². The molecule has 3 N–H and O–H groups in total. The third-order valence-corrected chi connectivity index (χ3v) is 8.41. The number of benzene rings is 2. The molecule has 0 bridgehead atoms. The summed E-state index contributed by atoms with van der Waals surface area (Å²) >= 11 is 6.06. The van der Waals surface area contributed by atoms with Gasteiger partial charge in [-0.3, -0.25) is 4.90 Å². The van der Waals surface area contributed by atoms with Gasteiger partial charge in [-0.1, -0.05) is 23.7 Å². The second-order valence-electron chi connectivity index (χ2n) is 10.8. The number of nitrogens with one attached hydrogen (secondary N) is 2. The molecule has 3 aliphatic rings. The monoisotopic (exact) mass is 597 g/mol. The quantitative estimate of drug-likeness (QED) is 0.357. The van der Waals surface area contributed by atoms with Crippen molar-refractivity contribution in [3.8, 4) is 11.5 Å². The lowest BCUT2D eigenvalue weighted by Crippen LogP contribution is -2.53. The minimum Gasteiger partial charge on any atom is -0.493 e. The van der Waals surface area contributed by atoms with E-state index in [1.807, 2.05) is 18.2 Å². The topological polar surface area (TPSA) is 100 Å². The number of carboxylic acid groups (broad SMARTS) is 1. The minimum absolute atomic E-state index is 0.0794. The highest BCUT2D eigenvalue weighted by Gasteiger charge is 2.52. The number of halogens is 4. The number of aliphatic carboxylic acids is 1. The number of likely N-dealkylation sites (tertiary alicyclic amines) is 1. The van der Waals surface area contributed by atoms with E-state index >= 15 is 0 Å². The summed E-state index contributed by atoms with van der Waals surface area (Å²) in [4.78, 5) is 24.3. The van der Waals surface area contributed by atoms with Gasteiger partial charge < -0.3 is 25.2 Å². The van der Waals surface area contributed by atoms with Crippen LogP contribution in [0.15, 0.2) is 42.5 Å². The van der Waals surface area contributed by atoms with Crippen LogP contribution in [0.25, 0.3) is 0 Å². The minimum atomic E-state index is -5.08. The van der Waals surface area contributed by atoms with Gasteiger partial charge in [-0.05, 0) is 86.9 Å². The molecule has 3 fully saturated rings. The van der Waals surface area contributed by atoms with Crippen LogP contribution in [0.1, 0.15) is 44.1 Å². The van der Waals surface area contributed by atoms with E-state index in [0.29, 0.717) is 16.8 Å². The molecule has 12 heteroatoms. The SMILES string of the molecule is COc1ccc(C23CCC(NC(=O)Nc4cccc(Cl)c4)CC2N(CC2CC2)CC3)cc1OC.O=C(O)C(F)(F)F. The Bertz CT molecular complexity index is 1240. The molecular weight excluding hydrogens is 563 g/mol. The van der Waals surface area contributed by atoms with Gasteiger partial charge in [-0.15, -0.1) is 0 Å². The standard InChI is InChI=1S/C27H34ClN3O3.C2HF3O2/c1-33-23-9-8-19(14-24(23)34-2)27-11-10-22(16-25(27)31(13-12-27)17-18-6-7-18)30-26(32)29-21-5-3-4-20(28)15-21;3-2(4,5)1(6)7/h3-5,8-9,14-15,18,22,25H,6-7,10-13,16-17H2,1-2H3,(H2,29,30,32);(H,6,7). The van der Waals surface area contributed by atoms with Crippen molar-refractivity contribution < 1.29 is 37.3 Å². The van der Waals surface area contributed by atoms with Gasteiger partial charge in [-0.2, -0.15) is 13.2 Å². The Morgan fingerprint density at radius 1 is 1.07 bits per heavy atom. The Kier molecular flexibility index (Phi) is 9.59. The summed E-state index contributed by atoms with van der Waals surface area (Å²) in [7, 11) is 3.38. The van der Waals surface area contributed by atoms with Crippen LogP contribution < -0.4 is 20.1 Å². The highest BCUT2D eigenvalue weighted by atomic mass is 35.5. The number of rotatable bonds is 7. The van der Waals surface area contributed by atoms with Gasteiger partial charge in [0.25, 0.3) is 0 Å². The molecule has 0 spiro atoms. The van der Waals surface area contributed by atoms with Gasteiger partial charge in [-0.25, -0.2) is 9.59 Å². The Morgan fingerprint density at radius 2 is 1.78 bits per heavy atom. The van der Waals surface area contributed by atoms with Gasteiger partial charge in [0.05, 0.1) is 14.2 Å². The number of carbonyl (C=O) groups excluding carboxylic acids is 1. The Hall–Kier alpha value is -3.18. The molecule has 2 aromatic carbocycles. The maximum atomic E-state index is 12.7. The van der Waals surface area contributed by atoms with E-state index in [-0.39, 0.29) is 17.5 Å². The molecule has 224 valence electrons. The smallest absolute Gasteiger partial charge is 0.490 e. The molecule has 8 nitrogen and oxygen atoms in total. The Morgan fingerprint density at radius 3 is 2.39 bits per heavy atom. The highest BCUT2D eigenvalue weighted by Crippen LogP contribution is 2.51. The molecule has 3 unspecified atom stereocenters. The van der Waals surface area contributed by atoms with E-state index in [1.165, 1.54) is 24.9 Å². The zero-order chi connectivity index (χ0) is 29.8. The molecule has 2 aromatic rings. The lowest BCUT2D eigenvalue weighted by molar-refractivity contribution is -0.192. The van der Waals surface area contributed by atoms with Gasteiger partial charge in [0.1, 0.15) is 0 Å². The van der Waals surface area contributed by atoms with Crippen molar-refractivity contribution in [1.82, 2.24) is 10.2 Å². The fourth-order valence-electron chi connectivity index (χ4n) is 6.03. The Balaban J connectivity index is 0.000000493.